The average molecular weight is 305 g/mol. The Morgan fingerprint density at radius 2 is 2.16 bits per heavy atom. The molecule has 1 aromatic heterocycles. The second-order valence-corrected chi connectivity index (χ2v) is 5.19. The van der Waals surface area contributed by atoms with Crippen molar-refractivity contribution in [1.29, 1.82) is 0 Å². The van der Waals surface area contributed by atoms with Gasteiger partial charge in [-0.1, -0.05) is 11.6 Å². The number of aryl methyl sites for hydroxylation is 1. The van der Waals surface area contributed by atoms with Gasteiger partial charge in [0.2, 0.25) is 5.91 Å². The number of nitrogens with one attached hydrogen (secondary N) is 1. The van der Waals surface area contributed by atoms with E-state index < -0.39 is 23.8 Å². The fraction of sp³-hybridized carbons (Fsp3) is 0.364. The molecule has 0 aromatic carbocycles. The molecular weight excluding hydrogens is 292 g/mol. The molecule has 0 aliphatic rings. The van der Waals surface area contributed by atoms with Gasteiger partial charge in [0.25, 0.3) is 5.91 Å². The van der Waals surface area contributed by atoms with Gasteiger partial charge in [-0.05, 0) is 24.3 Å². The third-order valence-electron chi connectivity index (χ3n) is 2.39. The zero-order chi connectivity index (χ0) is 14.6. The van der Waals surface area contributed by atoms with Crippen molar-refractivity contribution in [2.24, 2.45) is 5.73 Å². The maximum atomic E-state index is 11.9. The lowest BCUT2D eigenvalue weighted by Gasteiger charge is -2.13. The first kappa shape index (κ1) is 15.5. The largest absolute Gasteiger partial charge is 0.480 e. The first-order valence-electron chi connectivity index (χ1n) is 5.38. The van der Waals surface area contributed by atoms with Gasteiger partial charge in [-0.3, -0.25) is 9.59 Å². The summed E-state index contributed by atoms with van der Waals surface area (Å²) in [6.45, 7) is 1.75. The van der Waals surface area contributed by atoms with E-state index in [9.17, 15) is 14.4 Å². The zero-order valence-electron chi connectivity index (χ0n) is 10.1. The van der Waals surface area contributed by atoms with Crippen LogP contribution in [0.5, 0.6) is 0 Å². The van der Waals surface area contributed by atoms with E-state index in [1.165, 1.54) is 0 Å². The van der Waals surface area contributed by atoms with Gasteiger partial charge in [0.05, 0.1) is 5.02 Å². The van der Waals surface area contributed by atoms with Crippen LogP contribution in [0, 0.1) is 6.92 Å². The number of aliphatic carboxylic acids is 1. The summed E-state index contributed by atoms with van der Waals surface area (Å²) in [5.74, 6) is -2.41. The fourth-order valence-corrected chi connectivity index (χ4v) is 2.53. The summed E-state index contributed by atoms with van der Waals surface area (Å²) in [4.78, 5) is 33.7. The van der Waals surface area contributed by atoms with Gasteiger partial charge >= 0.3 is 5.97 Å². The predicted molar refractivity (Wildman–Crippen MR) is 71.4 cm³/mol. The smallest absolute Gasteiger partial charge is 0.326 e. The zero-order valence-corrected chi connectivity index (χ0v) is 11.7. The summed E-state index contributed by atoms with van der Waals surface area (Å²) >= 11 is 7.06. The van der Waals surface area contributed by atoms with Crippen molar-refractivity contribution in [3.05, 3.63) is 20.8 Å². The fourth-order valence-electron chi connectivity index (χ4n) is 1.35. The maximum absolute atomic E-state index is 11.9. The molecule has 2 amide bonds. The number of amides is 2. The molecule has 0 radical (unpaired) electrons. The Kier molecular flexibility index (Phi) is 5.31. The highest BCUT2D eigenvalue weighted by molar-refractivity contribution is 7.13. The van der Waals surface area contributed by atoms with Gasteiger partial charge in [-0.25, -0.2) is 4.79 Å². The van der Waals surface area contributed by atoms with Crippen LogP contribution in [-0.2, 0) is 9.59 Å². The number of primary amides is 1. The molecule has 4 N–H and O–H groups in total. The van der Waals surface area contributed by atoms with Crippen molar-refractivity contribution in [3.63, 3.8) is 0 Å². The number of carboxylic acids is 1. The lowest BCUT2D eigenvalue weighted by molar-refractivity contribution is -0.139. The molecule has 0 fully saturated rings. The first-order chi connectivity index (χ1) is 8.82. The number of hydrogen-bond donors (Lipinski definition) is 3. The molecule has 104 valence electrons. The van der Waals surface area contributed by atoms with Crippen LogP contribution >= 0.6 is 22.9 Å². The second kappa shape index (κ2) is 6.53. The molecular formula is C11H13ClN2O4S. The Morgan fingerprint density at radius 1 is 1.53 bits per heavy atom. The molecule has 1 rings (SSSR count). The highest BCUT2D eigenvalue weighted by Crippen LogP contribution is 2.27. The van der Waals surface area contributed by atoms with Crippen molar-refractivity contribution < 1.29 is 19.5 Å². The Hall–Kier alpha value is -1.60. The number of halogens is 1. The summed E-state index contributed by atoms with van der Waals surface area (Å²) in [5.41, 5.74) is 5.70. The van der Waals surface area contributed by atoms with Gasteiger partial charge < -0.3 is 16.2 Å². The van der Waals surface area contributed by atoms with Gasteiger partial charge in [0.1, 0.15) is 10.9 Å². The van der Waals surface area contributed by atoms with Crippen LogP contribution in [0.3, 0.4) is 0 Å². The molecule has 0 aliphatic heterocycles. The molecule has 0 bridgehead atoms. The lowest BCUT2D eigenvalue weighted by Crippen LogP contribution is -2.41. The first-order valence-corrected chi connectivity index (χ1v) is 6.64. The van der Waals surface area contributed by atoms with E-state index in [1.807, 2.05) is 0 Å². The summed E-state index contributed by atoms with van der Waals surface area (Å²) in [6.07, 6.45) is -0.174. The molecule has 8 heteroatoms. The molecule has 0 saturated heterocycles. The summed E-state index contributed by atoms with van der Waals surface area (Å²) in [7, 11) is 0. The topological polar surface area (TPSA) is 109 Å². The van der Waals surface area contributed by atoms with Crippen molar-refractivity contribution in [2.75, 3.05) is 0 Å². The van der Waals surface area contributed by atoms with Gasteiger partial charge in [-0.2, -0.15) is 0 Å². The number of carbonyl (C=O) groups is 3. The van der Waals surface area contributed by atoms with Crippen LogP contribution in [-0.4, -0.2) is 28.9 Å². The SMILES string of the molecule is Cc1csc(C(=O)N[C@H](CCC(N)=O)C(=O)O)c1Cl. The number of thiophene rings is 1. The minimum atomic E-state index is -1.22. The summed E-state index contributed by atoms with van der Waals surface area (Å²) < 4.78 is 0. The second-order valence-electron chi connectivity index (χ2n) is 3.93. The van der Waals surface area contributed by atoms with E-state index >= 15 is 0 Å². The van der Waals surface area contributed by atoms with Gasteiger partial charge in [-0.15, -0.1) is 11.3 Å². The minimum Gasteiger partial charge on any atom is -0.480 e. The van der Waals surface area contributed by atoms with Crippen LogP contribution in [0.1, 0.15) is 28.1 Å². The number of hydrogen-bond acceptors (Lipinski definition) is 4. The van der Waals surface area contributed by atoms with E-state index in [2.05, 4.69) is 5.32 Å². The molecule has 1 heterocycles. The summed E-state index contributed by atoms with van der Waals surface area (Å²) in [5, 5.41) is 13.3. The quantitative estimate of drug-likeness (QED) is 0.732. The van der Waals surface area contributed by atoms with Crippen molar-refractivity contribution in [1.82, 2.24) is 5.32 Å². The van der Waals surface area contributed by atoms with Crippen LogP contribution in [0.25, 0.3) is 0 Å². The third-order valence-corrected chi connectivity index (χ3v) is 4.08. The third kappa shape index (κ3) is 4.22. The molecule has 0 unspecified atom stereocenters. The van der Waals surface area contributed by atoms with E-state index in [0.29, 0.717) is 5.02 Å². The highest BCUT2D eigenvalue weighted by atomic mass is 35.5. The lowest BCUT2D eigenvalue weighted by atomic mass is 10.1. The Balaban J connectivity index is 2.74. The van der Waals surface area contributed by atoms with E-state index in [4.69, 9.17) is 22.4 Å². The Morgan fingerprint density at radius 3 is 2.58 bits per heavy atom. The molecule has 1 atom stereocenters. The molecule has 0 saturated carbocycles. The number of carboxylic acid groups (broad SMARTS) is 1. The summed E-state index contributed by atoms with van der Waals surface area (Å²) in [6, 6.07) is -1.17. The van der Waals surface area contributed by atoms with Crippen LogP contribution in [0.2, 0.25) is 5.02 Å². The highest BCUT2D eigenvalue weighted by Gasteiger charge is 2.23. The standard InChI is InChI=1S/C11H13ClN2O4S/c1-5-4-19-9(8(5)12)10(16)14-6(11(17)18)2-3-7(13)15/h4,6H,2-3H2,1H3,(H2,13,15)(H,14,16)(H,17,18)/t6-/m1/s1. The predicted octanol–water partition coefficient (Wildman–Crippen LogP) is 1.16. The number of nitrogens with two attached hydrogens (primary N) is 1. The van der Waals surface area contributed by atoms with Crippen LogP contribution in [0.15, 0.2) is 5.38 Å². The van der Waals surface area contributed by atoms with Crippen LogP contribution in [0.4, 0.5) is 0 Å². The molecule has 0 spiro atoms. The molecule has 1 aromatic rings. The molecule has 19 heavy (non-hydrogen) atoms. The van der Waals surface area contributed by atoms with Crippen molar-refractivity contribution in [2.45, 2.75) is 25.8 Å². The van der Waals surface area contributed by atoms with Crippen molar-refractivity contribution in [3.8, 4) is 0 Å². The number of carbonyl (C=O) groups excluding carboxylic acids is 2. The van der Waals surface area contributed by atoms with Gasteiger partial charge in [0, 0.05) is 6.42 Å². The van der Waals surface area contributed by atoms with Gasteiger partial charge in [0.15, 0.2) is 0 Å². The van der Waals surface area contributed by atoms with E-state index in [0.717, 1.165) is 16.9 Å². The van der Waals surface area contributed by atoms with Crippen LogP contribution < -0.4 is 11.1 Å². The number of rotatable bonds is 6. The molecule has 0 aliphatic carbocycles. The van der Waals surface area contributed by atoms with E-state index in [1.54, 1.807) is 12.3 Å². The van der Waals surface area contributed by atoms with Crippen molar-refractivity contribution >= 4 is 40.7 Å². The minimum absolute atomic E-state index is 0.0572. The van der Waals surface area contributed by atoms with E-state index in [-0.39, 0.29) is 17.7 Å². The Labute approximate surface area is 118 Å². The Bertz CT molecular complexity index is 515. The monoisotopic (exact) mass is 304 g/mol. The maximum Gasteiger partial charge on any atom is 0.326 e. The normalized spacial score (nSPS) is 11.9. The average Bonchev–Trinajstić information content (AvgIpc) is 2.64. The molecule has 6 nitrogen and oxygen atoms in total.